The van der Waals surface area contributed by atoms with Crippen LogP contribution in [0.4, 0.5) is 13.2 Å². The van der Waals surface area contributed by atoms with Gasteiger partial charge in [-0.15, -0.1) is 0 Å². The van der Waals surface area contributed by atoms with Gasteiger partial charge in [-0.2, -0.15) is 5.10 Å². The molecule has 2 aromatic heterocycles. The molecule has 0 radical (unpaired) electrons. The Bertz CT molecular complexity index is 1340. The molecule has 1 fully saturated rings. The van der Waals surface area contributed by atoms with Gasteiger partial charge in [0.05, 0.1) is 35.8 Å². The average Bonchev–Trinajstić information content (AvgIpc) is 3.37. The standard InChI is InChI=1S/C25H23F3N4O2/c1-34-12-19-10-18(31-32-19)11-29-25(33)15-6-14(7-15)22-20-8-17(27)9-21(28)24(20)30-23(22)13-2-4-16(26)5-3-13/h2-5,8-10,14-15,30H,6-7,11-12H2,1H3,(H,29,33)(H,31,32)/t14-,15-. The SMILES string of the molecule is COCc1cc(CNC(=O)[C@H]2C[C@H](c3c(-c4ccc(F)cc4)[nH]c4c(F)cc(F)cc43)C2)n[nH]1. The van der Waals surface area contributed by atoms with E-state index >= 15 is 0 Å². The Kier molecular flexibility index (Phi) is 5.87. The van der Waals surface area contributed by atoms with Crippen molar-refractivity contribution in [2.24, 2.45) is 5.92 Å². The third-order valence-electron chi connectivity index (χ3n) is 6.34. The van der Waals surface area contributed by atoms with Crippen LogP contribution in [0.5, 0.6) is 0 Å². The van der Waals surface area contributed by atoms with Crippen LogP contribution in [-0.2, 0) is 22.7 Å². The molecule has 5 rings (SSSR count). The van der Waals surface area contributed by atoms with Crippen LogP contribution in [0.3, 0.4) is 0 Å². The van der Waals surface area contributed by atoms with Crippen molar-refractivity contribution in [3.05, 3.63) is 76.9 Å². The zero-order valence-electron chi connectivity index (χ0n) is 18.4. The van der Waals surface area contributed by atoms with Crippen molar-refractivity contribution in [2.75, 3.05) is 7.11 Å². The molecule has 176 valence electrons. The van der Waals surface area contributed by atoms with Crippen molar-refractivity contribution in [2.45, 2.75) is 31.9 Å². The van der Waals surface area contributed by atoms with Crippen molar-refractivity contribution >= 4 is 16.8 Å². The Morgan fingerprint density at radius 1 is 1.12 bits per heavy atom. The highest BCUT2D eigenvalue weighted by Gasteiger charge is 2.38. The summed E-state index contributed by atoms with van der Waals surface area (Å²) in [6.45, 7) is 0.706. The van der Waals surface area contributed by atoms with Crippen LogP contribution in [0.25, 0.3) is 22.2 Å². The van der Waals surface area contributed by atoms with Crippen molar-refractivity contribution in [3.8, 4) is 11.3 Å². The molecule has 3 N–H and O–H groups in total. The van der Waals surface area contributed by atoms with Crippen molar-refractivity contribution < 1.29 is 22.7 Å². The topological polar surface area (TPSA) is 82.8 Å². The van der Waals surface area contributed by atoms with E-state index in [2.05, 4.69) is 20.5 Å². The predicted molar refractivity (Wildman–Crippen MR) is 120 cm³/mol. The van der Waals surface area contributed by atoms with Gasteiger partial charge in [-0.1, -0.05) is 0 Å². The van der Waals surface area contributed by atoms with Gasteiger partial charge in [0.25, 0.3) is 0 Å². The van der Waals surface area contributed by atoms with Crippen LogP contribution in [-0.4, -0.2) is 28.2 Å². The molecule has 2 aromatic carbocycles. The van der Waals surface area contributed by atoms with Crippen molar-refractivity contribution in [1.82, 2.24) is 20.5 Å². The maximum absolute atomic E-state index is 14.5. The van der Waals surface area contributed by atoms with Crippen LogP contribution in [0.2, 0.25) is 0 Å². The van der Waals surface area contributed by atoms with E-state index in [4.69, 9.17) is 4.74 Å². The van der Waals surface area contributed by atoms with E-state index in [-0.39, 0.29) is 29.1 Å². The number of aromatic nitrogens is 3. The van der Waals surface area contributed by atoms with Gasteiger partial charge in [0.15, 0.2) is 0 Å². The number of carbonyl (C=O) groups excluding carboxylic acids is 1. The summed E-state index contributed by atoms with van der Waals surface area (Å²) in [4.78, 5) is 15.7. The van der Waals surface area contributed by atoms with Gasteiger partial charge >= 0.3 is 0 Å². The van der Waals surface area contributed by atoms with Crippen molar-refractivity contribution in [3.63, 3.8) is 0 Å². The molecule has 0 saturated heterocycles. The van der Waals surface area contributed by atoms with E-state index in [0.717, 1.165) is 17.3 Å². The number of carbonyl (C=O) groups is 1. The number of hydrogen-bond acceptors (Lipinski definition) is 3. The van der Waals surface area contributed by atoms with Gasteiger partial charge in [0.1, 0.15) is 17.5 Å². The molecule has 1 amide bonds. The number of nitrogens with one attached hydrogen (secondary N) is 3. The van der Waals surface area contributed by atoms with E-state index in [0.29, 0.717) is 48.3 Å². The number of H-pyrrole nitrogens is 2. The van der Waals surface area contributed by atoms with Crippen LogP contribution >= 0.6 is 0 Å². The minimum Gasteiger partial charge on any atom is -0.378 e. The van der Waals surface area contributed by atoms with Gasteiger partial charge in [-0.3, -0.25) is 9.89 Å². The monoisotopic (exact) mass is 468 g/mol. The summed E-state index contributed by atoms with van der Waals surface area (Å²) in [7, 11) is 1.59. The average molecular weight is 468 g/mol. The fourth-order valence-electron chi connectivity index (χ4n) is 4.63. The quantitative estimate of drug-likeness (QED) is 0.360. The number of benzene rings is 2. The van der Waals surface area contributed by atoms with Gasteiger partial charge in [-0.25, -0.2) is 13.2 Å². The second-order valence-corrected chi connectivity index (χ2v) is 8.63. The van der Waals surface area contributed by atoms with Crippen LogP contribution in [0.15, 0.2) is 42.5 Å². The minimum absolute atomic E-state index is 0.0653. The molecule has 0 bridgehead atoms. The van der Waals surface area contributed by atoms with Crippen LogP contribution < -0.4 is 5.32 Å². The van der Waals surface area contributed by atoms with E-state index in [9.17, 15) is 18.0 Å². The maximum atomic E-state index is 14.5. The first-order chi connectivity index (χ1) is 16.4. The fourth-order valence-corrected chi connectivity index (χ4v) is 4.63. The summed E-state index contributed by atoms with van der Waals surface area (Å²) in [6.07, 6.45) is 1.08. The highest BCUT2D eigenvalue weighted by molar-refractivity contribution is 5.92. The fraction of sp³-hybridized carbons (Fsp3) is 0.280. The van der Waals surface area contributed by atoms with Crippen LogP contribution in [0, 0.1) is 23.4 Å². The summed E-state index contributed by atoms with van der Waals surface area (Å²) >= 11 is 0. The highest BCUT2D eigenvalue weighted by Crippen LogP contribution is 2.48. The van der Waals surface area contributed by atoms with Gasteiger partial charge in [0.2, 0.25) is 5.91 Å². The number of rotatable bonds is 7. The zero-order chi connectivity index (χ0) is 23.8. The lowest BCUT2D eigenvalue weighted by molar-refractivity contribution is -0.128. The van der Waals surface area contributed by atoms with E-state index in [1.807, 2.05) is 6.07 Å². The van der Waals surface area contributed by atoms with Gasteiger partial charge in [-0.05, 0) is 66.3 Å². The molecule has 0 aliphatic heterocycles. The molecule has 34 heavy (non-hydrogen) atoms. The summed E-state index contributed by atoms with van der Waals surface area (Å²) in [5, 5.41) is 10.3. The summed E-state index contributed by atoms with van der Waals surface area (Å²) in [5.74, 6) is -2.11. The number of nitrogens with zero attached hydrogens (tertiary/aromatic N) is 1. The Hall–Kier alpha value is -3.59. The molecule has 1 aliphatic rings. The number of hydrogen-bond donors (Lipinski definition) is 3. The lowest BCUT2D eigenvalue weighted by Crippen LogP contribution is -2.37. The smallest absolute Gasteiger partial charge is 0.223 e. The van der Waals surface area contributed by atoms with Crippen molar-refractivity contribution in [1.29, 1.82) is 0 Å². The minimum atomic E-state index is -0.690. The first-order valence-electron chi connectivity index (χ1n) is 11.0. The highest BCUT2D eigenvalue weighted by atomic mass is 19.1. The molecule has 0 atom stereocenters. The molecule has 6 nitrogen and oxygen atoms in total. The first-order valence-corrected chi connectivity index (χ1v) is 11.0. The second kappa shape index (κ2) is 8.98. The van der Waals surface area contributed by atoms with Gasteiger partial charge < -0.3 is 15.0 Å². The molecule has 4 aromatic rings. The van der Waals surface area contributed by atoms with Gasteiger partial charge in [0, 0.05) is 24.5 Å². The largest absolute Gasteiger partial charge is 0.378 e. The molecule has 0 unspecified atom stereocenters. The predicted octanol–water partition coefficient (Wildman–Crippen LogP) is 4.93. The second-order valence-electron chi connectivity index (χ2n) is 8.63. The Labute approximate surface area is 193 Å². The third-order valence-corrected chi connectivity index (χ3v) is 6.34. The summed E-state index contributed by atoms with van der Waals surface area (Å²) < 4.78 is 47.1. The number of methoxy groups -OCH3 is 1. The molecule has 1 aliphatic carbocycles. The molecule has 0 spiro atoms. The van der Waals surface area contributed by atoms with E-state index in [1.165, 1.54) is 18.2 Å². The lowest BCUT2D eigenvalue weighted by Gasteiger charge is -2.35. The number of fused-ring (bicyclic) bond motifs is 1. The molecule has 2 heterocycles. The Morgan fingerprint density at radius 2 is 1.88 bits per heavy atom. The number of amides is 1. The summed E-state index contributed by atoms with van der Waals surface area (Å²) in [5.41, 5.74) is 3.77. The molecule has 1 saturated carbocycles. The zero-order valence-corrected chi connectivity index (χ0v) is 18.4. The number of aromatic amines is 2. The first kappa shape index (κ1) is 22.2. The normalized spacial score (nSPS) is 17.6. The lowest BCUT2D eigenvalue weighted by atomic mass is 9.70. The summed E-state index contributed by atoms with van der Waals surface area (Å²) in [6, 6.07) is 9.82. The Morgan fingerprint density at radius 3 is 2.62 bits per heavy atom. The number of ether oxygens (including phenoxy) is 1. The maximum Gasteiger partial charge on any atom is 0.223 e. The molecular weight excluding hydrogens is 445 g/mol. The van der Waals surface area contributed by atoms with Crippen LogP contribution in [0.1, 0.15) is 35.7 Å². The molecular formula is C25H23F3N4O2. The molecule has 9 heteroatoms. The Balaban J connectivity index is 1.35. The number of halogens is 3. The third kappa shape index (κ3) is 4.19. The van der Waals surface area contributed by atoms with E-state index in [1.54, 1.807) is 19.2 Å². The van der Waals surface area contributed by atoms with E-state index < -0.39 is 11.6 Å².